The zero-order valence-electron chi connectivity index (χ0n) is 14.4. The number of ether oxygens (including phenoxy) is 1. The lowest BCUT2D eigenvalue weighted by atomic mass is 10.1. The van der Waals surface area contributed by atoms with Crippen LogP contribution in [0, 0.1) is 12.7 Å². The highest BCUT2D eigenvalue weighted by molar-refractivity contribution is 9.10. The topological polar surface area (TPSA) is 69.0 Å². The van der Waals surface area contributed by atoms with Crippen LogP contribution in [0.25, 0.3) is 0 Å². The van der Waals surface area contributed by atoms with Crippen LogP contribution in [0.5, 0.6) is 0 Å². The molecule has 2 aromatic carbocycles. The minimum atomic E-state index is -0.332. The fourth-order valence-electron chi connectivity index (χ4n) is 2.98. The molecule has 0 aliphatic carbocycles. The number of hydrogen-bond acceptors (Lipinski definition) is 4. The van der Waals surface area contributed by atoms with E-state index in [2.05, 4.69) is 31.6 Å². The van der Waals surface area contributed by atoms with E-state index < -0.39 is 0 Å². The van der Waals surface area contributed by atoms with Crippen LogP contribution in [0.15, 0.2) is 46.9 Å². The van der Waals surface area contributed by atoms with Gasteiger partial charge in [0.2, 0.25) is 0 Å². The number of rotatable bonds is 3. The van der Waals surface area contributed by atoms with Crippen LogP contribution in [-0.2, 0) is 17.9 Å². The quantitative estimate of drug-likeness (QED) is 0.681. The first-order valence-electron chi connectivity index (χ1n) is 8.38. The summed E-state index contributed by atoms with van der Waals surface area (Å²) in [7, 11) is 0. The third-order valence-corrected chi connectivity index (χ3v) is 5.36. The predicted octanol–water partition coefficient (Wildman–Crippen LogP) is 4.01. The van der Waals surface area contributed by atoms with Gasteiger partial charge in [-0.3, -0.25) is 4.79 Å². The monoisotopic (exact) mass is 430 g/mol. The molecule has 2 heterocycles. The summed E-state index contributed by atoms with van der Waals surface area (Å²) in [6.45, 7) is 2.57. The zero-order chi connectivity index (χ0) is 19.0. The molecule has 1 amide bonds. The zero-order valence-corrected chi connectivity index (χ0v) is 16.0. The number of nitrogens with one attached hydrogen (secondary N) is 1. The van der Waals surface area contributed by atoms with Crippen molar-refractivity contribution < 1.29 is 13.9 Å². The van der Waals surface area contributed by atoms with Gasteiger partial charge in [0.1, 0.15) is 11.9 Å². The van der Waals surface area contributed by atoms with E-state index in [0.29, 0.717) is 17.9 Å². The molecule has 1 aromatic heterocycles. The van der Waals surface area contributed by atoms with Crippen molar-refractivity contribution in [2.75, 3.05) is 5.32 Å². The van der Waals surface area contributed by atoms with Gasteiger partial charge >= 0.3 is 0 Å². The predicted molar refractivity (Wildman–Crippen MR) is 101 cm³/mol. The van der Waals surface area contributed by atoms with Crippen molar-refractivity contribution in [2.45, 2.75) is 26.2 Å². The summed E-state index contributed by atoms with van der Waals surface area (Å²) in [6.07, 6.45) is -0.259. The summed E-state index contributed by atoms with van der Waals surface area (Å²) in [5, 5.41) is 11.0. The van der Waals surface area contributed by atoms with Gasteiger partial charge in [-0.1, -0.05) is 33.3 Å². The number of hydrogen-bond donors (Lipinski definition) is 1. The molecular weight excluding hydrogens is 415 g/mol. The Morgan fingerprint density at radius 1 is 1.30 bits per heavy atom. The molecule has 8 heteroatoms. The van der Waals surface area contributed by atoms with Crippen molar-refractivity contribution in [3.8, 4) is 0 Å². The van der Waals surface area contributed by atoms with Crippen molar-refractivity contribution in [1.29, 1.82) is 0 Å². The van der Waals surface area contributed by atoms with E-state index in [1.54, 1.807) is 16.8 Å². The lowest BCUT2D eigenvalue weighted by Crippen LogP contribution is -2.24. The first kappa shape index (κ1) is 17.8. The summed E-state index contributed by atoms with van der Waals surface area (Å²) in [4.78, 5) is 12.6. The molecule has 138 valence electrons. The first-order chi connectivity index (χ1) is 13.0. The van der Waals surface area contributed by atoms with E-state index in [-0.39, 0.29) is 30.1 Å². The van der Waals surface area contributed by atoms with Gasteiger partial charge in [-0.05, 0) is 48.4 Å². The van der Waals surface area contributed by atoms with Gasteiger partial charge in [-0.15, -0.1) is 5.10 Å². The molecule has 0 radical (unpaired) electrons. The summed E-state index contributed by atoms with van der Waals surface area (Å²) in [5.74, 6) is -0.625. The van der Waals surface area contributed by atoms with Gasteiger partial charge in [0.15, 0.2) is 5.69 Å². The van der Waals surface area contributed by atoms with E-state index in [1.165, 1.54) is 12.1 Å². The van der Waals surface area contributed by atoms with Crippen LogP contribution in [0.1, 0.15) is 33.4 Å². The van der Waals surface area contributed by atoms with Crippen molar-refractivity contribution in [1.82, 2.24) is 15.0 Å². The molecular formula is C19H16BrFN4O2. The molecule has 0 spiro atoms. The number of fused-ring (bicyclic) bond motifs is 1. The summed E-state index contributed by atoms with van der Waals surface area (Å²) >= 11 is 3.44. The number of amides is 1. The minimum Gasteiger partial charge on any atom is -0.365 e. The van der Waals surface area contributed by atoms with Gasteiger partial charge in [-0.25, -0.2) is 9.07 Å². The van der Waals surface area contributed by atoms with Crippen molar-refractivity contribution in [3.63, 3.8) is 0 Å². The fraction of sp³-hybridized carbons (Fsp3) is 0.211. The van der Waals surface area contributed by atoms with Crippen LogP contribution in [0.4, 0.5) is 10.1 Å². The smallest absolute Gasteiger partial charge is 0.278 e. The molecule has 6 nitrogen and oxygen atoms in total. The Morgan fingerprint density at radius 3 is 2.81 bits per heavy atom. The van der Waals surface area contributed by atoms with E-state index in [9.17, 15) is 9.18 Å². The number of carbonyl (C=O) groups is 1. The largest absolute Gasteiger partial charge is 0.365 e. The minimum absolute atomic E-state index is 0.206. The maximum atomic E-state index is 13.1. The Bertz CT molecular complexity index is 1000. The molecule has 1 aliphatic rings. The van der Waals surface area contributed by atoms with Crippen molar-refractivity contribution >= 4 is 27.5 Å². The third kappa shape index (κ3) is 3.63. The number of anilines is 1. The number of aryl methyl sites for hydroxylation is 1. The van der Waals surface area contributed by atoms with Crippen molar-refractivity contribution in [3.05, 3.63) is 75.3 Å². The lowest BCUT2D eigenvalue weighted by molar-refractivity contribution is -0.00174. The Labute approximate surface area is 163 Å². The van der Waals surface area contributed by atoms with E-state index >= 15 is 0 Å². The van der Waals surface area contributed by atoms with Crippen LogP contribution >= 0.6 is 15.9 Å². The SMILES string of the molecule is Cc1cc(NC(=O)c2nnn3c2COC(c2ccc(F)cc2)C3)ccc1Br. The molecule has 27 heavy (non-hydrogen) atoms. The lowest BCUT2D eigenvalue weighted by Gasteiger charge is -2.24. The number of aromatic nitrogens is 3. The Balaban J connectivity index is 1.51. The number of halogens is 2. The average molecular weight is 431 g/mol. The molecule has 1 atom stereocenters. The molecule has 1 unspecified atom stereocenters. The molecule has 0 saturated heterocycles. The van der Waals surface area contributed by atoms with Gasteiger partial charge in [-0.2, -0.15) is 0 Å². The molecule has 0 saturated carbocycles. The molecule has 0 bridgehead atoms. The number of benzene rings is 2. The third-order valence-electron chi connectivity index (χ3n) is 4.47. The Hall–Kier alpha value is -2.58. The maximum Gasteiger partial charge on any atom is 0.278 e. The summed E-state index contributed by atoms with van der Waals surface area (Å²) in [5.41, 5.74) is 3.42. The second-order valence-electron chi connectivity index (χ2n) is 6.34. The van der Waals surface area contributed by atoms with Crippen molar-refractivity contribution in [2.24, 2.45) is 0 Å². The molecule has 1 aliphatic heterocycles. The average Bonchev–Trinajstić information content (AvgIpc) is 3.08. The second kappa shape index (κ2) is 7.21. The van der Waals surface area contributed by atoms with Gasteiger partial charge in [0.05, 0.1) is 18.8 Å². The fourth-order valence-corrected chi connectivity index (χ4v) is 3.23. The van der Waals surface area contributed by atoms with E-state index in [0.717, 1.165) is 15.6 Å². The molecule has 4 rings (SSSR count). The second-order valence-corrected chi connectivity index (χ2v) is 7.19. The maximum absolute atomic E-state index is 13.1. The Morgan fingerprint density at radius 2 is 2.07 bits per heavy atom. The highest BCUT2D eigenvalue weighted by Gasteiger charge is 2.27. The van der Waals surface area contributed by atoms with Crippen LogP contribution < -0.4 is 5.32 Å². The number of nitrogens with zero attached hydrogens (tertiary/aromatic N) is 3. The van der Waals surface area contributed by atoms with Crippen LogP contribution in [0.2, 0.25) is 0 Å². The molecule has 3 aromatic rings. The number of carbonyl (C=O) groups excluding carboxylic acids is 1. The Kier molecular flexibility index (Phi) is 4.75. The van der Waals surface area contributed by atoms with Crippen LogP contribution in [-0.4, -0.2) is 20.9 Å². The van der Waals surface area contributed by atoms with E-state index in [1.807, 2.05) is 25.1 Å². The summed E-state index contributed by atoms with van der Waals surface area (Å²) < 4.78 is 21.6. The first-order valence-corrected chi connectivity index (χ1v) is 9.17. The summed E-state index contributed by atoms with van der Waals surface area (Å²) in [6, 6.07) is 11.7. The van der Waals surface area contributed by atoms with Gasteiger partial charge in [0.25, 0.3) is 5.91 Å². The normalized spacial score (nSPS) is 16.0. The highest BCUT2D eigenvalue weighted by atomic mass is 79.9. The standard InChI is InChI=1S/C19H16BrFN4O2/c1-11-8-14(6-7-15(11)20)22-19(26)18-16-10-27-17(9-25(16)24-23-18)12-2-4-13(21)5-3-12/h2-8,17H,9-10H2,1H3,(H,22,26). The molecule has 1 N–H and O–H groups in total. The highest BCUT2D eigenvalue weighted by Crippen LogP contribution is 2.27. The van der Waals surface area contributed by atoms with E-state index in [4.69, 9.17) is 4.74 Å². The van der Waals surface area contributed by atoms with Crippen LogP contribution in [0.3, 0.4) is 0 Å². The molecule has 0 fully saturated rings. The van der Waals surface area contributed by atoms with Gasteiger partial charge < -0.3 is 10.1 Å². The van der Waals surface area contributed by atoms with Gasteiger partial charge in [0, 0.05) is 10.2 Å².